The number of likely N-dealkylation sites (N-methyl/N-ethyl adjacent to an activating group) is 2. The lowest BCUT2D eigenvalue weighted by molar-refractivity contribution is -0.129. The predicted octanol–water partition coefficient (Wildman–Crippen LogP) is 0.874. The van der Waals surface area contributed by atoms with Crippen LogP contribution < -0.4 is 5.32 Å². The number of halogens is 2. The van der Waals surface area contributed by atoms with Crippen LogP contribution >= 0.6 is 24.8 Å². The molecule has 1 aromatic heterocycles. The quantitative estimate of drug-likeness (QED) is 0.848. The summed E-state index contributed by atoms with van der Waals surface area (Å²) in [5.74, 6) is 0.180. The van der Waals surface area contributed by atoms with Crippen LogP contribution in [-0.2, 0) is 18.3 Å². The zero-order valence-electron chi connectivity index (χ0n) is 11.0. The molecule has 0 saturated heterocycles. The number of aryl methyl sites for hydroxylation is 2. The topological polar surface area (TPSA) is 50.2 Å². The summed E-state index contributed by atoms with van der Waals surface area (Å²) in [4.78, 5) is 13.5. The molecule has 1 amide bonds. The van der Waals surface area contributed by atoms with E-state index in [0.29, 0.717) is 6.42 Å². The van der Waals surface area contributed by atoms with Gasteiger partial charge in [0.25, 0.3) is 0 Å². The molecule has 0 aliphatic carbocycles. The van der Waals surface area contributed by atoms with Crippen LogP contribution in [0.3, 0.4) is 0 Å². The van der Waals surface area contributed by atoms with E-state index >= 15 is 0 Å². The van der Waals surface area contributed by atoms with Gasteiger partial charge in [-0.05, 0) is 19.0 Å². The second kappa shape index (κ2) is 10.2. The average Bonchev–Trinajstić information content (AvgIpc) is 2.68. The SMILES string of the molecule is CNCCN(C)C(=O)CCc1cnn(C)c1.Cl.Cl. The molecule has 5 nitrogen and oxygen atoms in total. The van der Waals surface area contributed by atoms with Crippen molar-refractivity contribution in [1.82, 2.24) is 20.0 Å². The Hall–Kier alpha value is -0.780. The van der Waals surface area contributed by atoms with E-state index in [1.807, 2.05) is 27.3 Å². The van der Waals surface area contributed by atoms with Gasteiger partial charge in [0, 0.05) is 39.8 Å². The van der Waals surface area contributed by atoms with Gasteiger partial charge in [-0.3, -0.25) is 9.48 Å². The van der Waals surface area contributed by atoms with E-state index in [-0.39, 0.29) is 30.7 Å². The molecule has 0 spiro atoms. The largest absolute Gasteiger partial charge is 0.344 e. The Morgan fingerprint density at radius 3 is 2.67 bits per heavy atom. The Balaban J connectivity index is 0. The molecular formula is C11H22Cl2N4O. The number of hydrogen-bond donors (Lipinski definition) is 1. The maximum Gasteiger partial charge on any atom is 0.222 e. The molecule has 18 heavy (non-hydrogen) atoms. The fourth-order valence-electron chi connectivity index (χ4n) is 1.45. The third-order valence-electron chi connectivity index (χ3n) is 2.51. The Bertz CT molecular complexity index is 344. The summed E-state index contributed by atoms with van der Waals surface area (Å²) in [5, 5.41) is 7.09. The van der Waals surface area contributed by atoms with Gasteiger partial charge < -0.3 is 10.2 Å². The second-order valence-electron chi connectivity index (χ2n) is 3.94. The van der Waals surface area contributed by atoms with E-state index < -0.39 is 0 Å². The molecule has 0 aliphatic heterocycles. The van der Waals surface area contributed by atoms with Crippen LogP contribution in [0.5, 0.6) is 0 Å². The summed E-state index contributed by atoms with van der Waals surface area (Å²) in [7, 11) is 5.60. The molecule has 1 rings (SSSR count). The molecule has 0 atom stereocenters. The minimum absolute atomic E-state index is 0. The van der Waals surface area contributed by atoms with Crippen molar-refractivity contribution in [2.24, 2.45) is 7.05 Å². The lowest BCUT2D eigenvalue weighted by Crippen LogP contribution is -2.32. The highest BCUT2D eigenvalue weighted by molar-refractivity contribution is 5.85. The van der Waals surface area contributed by atoms with Gasteiger partial charge in [-0.15, -0.1) is 24.8 Å². The third-order valence-corrected chi connectivity index (χ3v) is 2.51. The number of aromatic nitrogens is 2. The van der Waals surface area contributed by atoms with Crippen LogP contribution in [0.15, 0.2) is 12.4 Å². The molecule has 0 aliphatic rings. The molecule has 0 radical (unpaired) electrons. The zero-order valence-corrected chi connectivity index (χ0v) is 12.7. The van der Waals surface area contributed by atoms with Gasteiger partial charge in [0.15, 0.2) is 0 Å². The van der Waals surface area contributed by atoms with Gasteiger partial charge in [-0.2, -0.15) is 5.10 Å². The molecule has 1 heterocycles. The van der Waals surface area contributed by atoms with Gasteiger partial charge >= 0.3 is 0 Å². The third kappa shape index (κ3) is 6.83. The van der Waals surface area contributed by atoms with Crippen molar-refractivity contribution >= 4 is 30.7 Å². The number of amides is 1. The molecule has 0 fully saturated rings. The van der Waals surface area contributed by atoms with Crippen LogP contribution in [0, 0.1) is 0 Å². The highest BCUT2D eigenvalue weighted by Gasteiger charge is 2.08. The van der Waals surface area contributed by atoms with Crippen LogP contribution in [0.2, 0.25) is 0 Å². The molecule has 0 saturated carbocycles. The van der Waals surface area contributed by atoms with Crippen LogP contribution in [-0.4, -0.2) is 47.8 Å². The Morgan fingerprint density at radius 2 is 2.17 bits per heavy atom. The molecular weight excluding hydrogens is 275 g/mol. The van der Waals surface area contributed by atoms with Crippen molar-refractivity contribution < 1.29 is 4.79 Å². The number of carbonyl (C=O) groups is 1. The second-order valence-corrected chi connectivity index (χ2v) is 3.94. The summed E-state index contributed by atoms with van der Waals surface area (Å²) >= 11 is 0. The first kappa shape index (κ1) is 19.6. The lowest BCUT2D eigenvalue weighted by atomic mass is 10.2. The molecule has 106 valence electrons. The smallest absolute Gasteiger partial charge is 0.222 e. The van der Waals surface area contributed by atoms with Crippen molar-refractivity contribution in [3.05, 3.63) is 18.0 Å². The van der Waals surface area contributed by atoms with Gasteiger partial charge in [0.05, 0.1) is 6.20 Å². The van der Waals surface area contributed by atoms with E-state index in [2.05, 4.69) is 10.4 Å². The minimum atomic E-state index is 0. The highest BCUT2D eigenvalue weighted by Crippen LogP contribution is 2.02. The van der Waals surface area contributed by atoms with E-state index in [1.54, 1.807) is 15.8 Å². The van der Waals surface area contributed by atoms with Crippen LogP contribution in [0.4, 0.5) is 0 Å². The number of rotatable bonds is 6. The number of carbonyl (C=O) groups excluding carboxylic acids is 1. The van der Waals surface area contributed by atoms with E-state index in [0.717, 1.165) is 25.1 Å². The molecule has 1 N–H and O–H groups in total. The monoisotopic (exact) mass is 296 g/mol. The number of nitrogens with zero attached hydrogens (tertiary/aromatic N) is 3. The molecule has 0 unspecified atom stereocenters. The van der Waals surface area contributed by atoms with Gasteiger partial charge in [-0.1, -0.05) is 0 Å². The first-order valence-electron chi connectivity index (χ1n) is 5.49. The Kier molecular flexibility index (Phi) is 11.1. The summed E-state index contributed by atoms with van der Waals surface area (Å²) < 4.78 is 1.75. The fourth-order valence-corrected chi connectivity index (χ4v) is 1.45. The number of hydrogen-bond acceptors (Lipinski definition) is 3. The van der Waals surface area contributed by atoms with Crippen molar-refractivity contribution in [3.8, 4) is 0 Å². The van der Waals surface area contributed by atoms with Gasteiger partial charge in [-0.25, -0.2) is 0 Å². The van der Waals surface area contributed by atoms with Crippen molar-refractivity contribution in [3.63, 3.8) is 0 Å². The van der Waals surface area contributed by atoms with Crippen molar-refractivity contribution in [2.45, 2.75) is 12.8 Å². The minimum Gasteiger partial charge on any atom is -0.344 e. The maximum absolute atomic E-state index is 11.7. The van der Waals surface area contributed by atoms with Crippen LogP contribution in [0.1, 0.15) is 12.0 Å². The van der Waals surface area contributed by atoms with E-state index in [9.17, 15) is 4.79 Å². The Morgan fingerprint density at radius 1 is 1.50 bits per heavy atom. The molecule has 0 aromatic carbocycles. The van der Waals surface area contributed by atoms with Crippen LogP contribution in [0.25, 0.3) is 0 Å². The van der Waals surface area contributed by atoms with Crippen molar-refractivity contribution in [1.29, 1.82) is 0 Å². The first-order chi connectivity index (χ1) is 7.63. The van der Waals surface area contributed by atoms with E-state index in [4.69, 9.17) is 0 Å². The summed E-state index contributed by atoms with van der Waals surface area (Å²) in [6.45, 7) is 1.58. The summed E-state index contributed by atoms with van der Waals surface area (Å²) in [6, 6.07) is 0. The fraction of sp³-hybridized carbons (Fsp3) is 0.636. The van der Waals surface area contributed by atoms with Gasteiger partial charge in [0.2, 0.25) is 5.91 Å². The molecule has 1 aromatic rings. The lowest BCUT2D eigenvalue weighted by Gasteiger charge is -2.16. The first-order valence-corrected chi connectivity index (χ1v) is 5.49. The standard InChI is InChI=1S/C11H20N4O.2ClH/c1-12-6-7-14(2)11(16)5-4-10-8-13-15(3)9-10;;/h8-9,12H,4-7H2,1-3H3;2*1H. The molecule has 0 bridgehead atoms. The Labute approximate surface area is 121 Å². The normalized spacial score (nSPS) is 9.28. The van der Waals surface area contributed by atoms with Gasteiger partial charge in [0.1, 0.15) is 0 Å². The predicted molar refractivity (Wildman–Crippen MR) is 77.6 cm³/mol. The number of nitrogens with one attached hydrogen (secondary N) is 1. The molecule has 7 heteroatoms. The maximum atomic E-state index is 11.7. The highest BCUT2D eigenvalue weighted by atomic mass is 35.5. The van der Waals surface area contributed by atoms with E-state index in [1.165, 1.54) is 0 Å². The summed E-state index contributed by atoms with van der Waals surface area (Å²) in [6.07, 6.45) is 5.06. The zero-order chi connectivity index (χ0) is 12.0. The van der Waals surface area contributed by atoms with Crippen molar-refractivity contribution in [2.75, 3.05) is 27.2 Å². The average molecular weight is 297 g/mol. The summed E-state index contributed by atoms with van der Waals surface area (Å²) in [5.41, 5.74) is 1.11.